The fraction of sp³-hybridized carbons (Fsp3) is 0.357. The lowest BCUT2D eigenvalue weighted by Gasteiger charge is -2.13. The number of thioether (sulfide) groups is 1. The van der Waals surface area contributed by atoms with Crippen LogP contribution in [0.5, 0.6) is 0 Å². The number of para-hydroxylation sites is 1. The summed E-state index contributed by atoms with van der Waals surface area (Å²) in [4.78, 5) is 16.4. The molecular weight excluding hydrogens is 286 g/mol. The standard InChI is InChI=1S/C14H19N5OS/c1-9-16-13(19-18-9)10-5-3-4-6-12(10)17-14(20)11(15)7-8-21-2/h3-6,11H,7-8,15H2,1-2H3,(H,17,20)(H,16,18,19)/t11-/m1/s1. The number of rotatable bonds is 6. The number of aromatic amines is 1. The highest BCUT2D eigenvalue weighted by molar-refractivity contribution is 7.98. The average molecular weight is 305 g/mol. The third-order valence-electron chi connectivity index (χ3n) is 2.99. The Labute approximate surface area is 127 Å². The highest BCUT2D eigenvalue weighted by Crippen LogP contribution is 2.24. The van der Waals surface area contributed by atoms with Crippen molar-refractivity contribution in [3.05, 3.63) is 30.1 Å². The average Bonchev–Trinajstić information content (AvgIpc) is 2.91. The first-order valence-electron chi connectivity index (χ1n) is 6.65. The number of nitrogens with zero attached hydrogens (tertiary/aromatic N) is 2. The van der Waals surface area contributed by atoms with Crippen LogP contribution in [0.25, 0.3) is 11.4 Å². The highest BCUT2D eigenvalue weighted by atomic mass is 32.2. The van der Waals surface area contributed by atoms with Crippen LogP contribution in [0.1, 0.15) is 12.2 Å². The van der Waals surface area contributed by atoms with Gasteiger partial charge in [-0.25, -0.2) is 4.98 Å². The number of hydrogen-bond donors (Lipinski definition) is 3. The molecule has 4 N–H and O–H groups in total. The number of anilines is 1. The molecule has 0 unspecified atom stereocenters. The predicted molar refractivity (Wildman–Crippen MR) is 86.2 cm³/mol. The van der Waals surface area contributed by atoms with E-state index in [-0.39, 0.29) is 5.91 Å². The van der Waals surface area contributed by atoms with Crippen molar-refractivity contribution in [2.75, 3.05) is 17.3 Å². The third kappa shape index (κ3) is 4.05. The van der Waals surface area contributed by atoms with Gasteiger partial charge < -0.3 is 11.1 Å². The van der Waals surface area contributed by atoms with Crippen LogP contribution in [0.4, 0.5) is 5.69 Å². The lowest BCUT2D eigenvalue weighted by Crippen LogP contribution is -2.36. The van der Waals surface area contributed by atoms with Crippen LogP contribution in [0.3, 0.4) is 0 Å². The van der Waals surface area contributed by atoms with Crippen LogP contribution in [-0.2, 0) is 4.79 Å². The number of amides is 1. The molecule has 1 aromatic heterocycles. The minimum absolute atomic E-state index is 0.191. The summed E-state index contributed by atoms with van der Waals surface area (Å²) < 4.78 is 0. The zero-order valence-corrected chi connectivity index (χ0v) is 12.9. The molecule has 0 aliphatic heterocycles. The monoisotopic (exact) mass is 305 g/mol. The zero-order valence-electron chi connectivity index (χ0n) is 12.1. The third-order valence-corrected chi connectivity index (χ3v) is 3.64. The molecule has 2 rings (SSSR count). The summed E-state index contributed by atoms with van der Waals surface area (Å²) in [5, 5.41) is 9.78. The van der Waals surface area contributed by atoms with Gasteiger partial charge >= 0.3 is 0 Å². The molecule has 0 fully saturated rings. The number of H-pyrrole nitrogens is 1. The molecule has 0 radical (unpaired) electrons. The Morgan fingerprint density at radius 2 is 2.24 bits per heavy atom. The van der Waals surface area contributed by atoms with Crippen LogP contribution in [0.2, 0.25) is 0 Å². The van der Waals surface area contributed by atoms with E-state index in [1.807, 2.05) is 37.4 Å². The Kier molecular flexibility index (Phi) is 5.35. The van der Waals surface area contributed by atoms with Gasteiger partial charge in [-0.2, -0.15) is 16.9 Å². The molecule has 1 amide bonds. The van der Waals surface area contributed by atoms with E-state index in [1.165, 1.54) is 0 Å². The molecule has 1 aromatic carbocycles. The predicted octanol–water partition coefficient (Wildman–Crippen LogP) is 1.80. The summed E-state index contributed by atoms with van der Waals surface area (Å²) in [6, 6.07) is 6.90. The van der Waals surface area contributed by atoms with Crippen LogP contribution in [0.15, 0.2) is 24.3 Å². The van der Waals surface area contributed by atoms with E-state index in [0.29, 0.717) is 17.9 Å². The maximum atomic E-state index is 12.1. The Hall–Kier alpha value is -1.86. The van der Waals surface area contributed by atoms with Gasteiger partial charge in [0.25, 0.3) is 0 Å². The summed E-state index contributed by atoms with van der Waals surface area (Å²) >= 11 is 1.67. The molecule has 1 heterocycles. The molecule has 2 aromatic rings. The number of nitrogens with two attached hydrogens (primary N) is 1. The van der Waals surface area contributed by atoms with Crippen molar-refractivity contribution in [3.8, 4) is 11.4 Å². The topological polar surface area (TPSA) is 96.7 Å². The Morgan fingerprint density at radius 1 is 1.48 bits per heavy atom. The number of aromatic nitrogens is 3. The number of nitrogens with one attached hydrogen (secondary N) is 2. The smallest absolute Gasteiger partial charge is 0.241 e. The van der Waals surface area contributed by atoms with Gasteiger partial charge in [-0.3, -0.25) is 9.89 Å². The molecule has 0 saturated carbocycles. The summed E-state index contributed by atoms with van der Waals surface area (Å²) in [5.41, 5.74) is 7.32. The maximum absolute atomic E-state index is 12.1. The van der Waals surface area contributed by atoms with Gasteiger partial charge in [0.1, 0.15) is 5.82 Å². The van der Waals surface area contributed by atoms with Crippen molar-refractivity contribution in [1.29, 1.82) is 0 Å². The fourth-order valence-electron chi connectivity index (χ4n) is 1.85. The van der Waals surface area contributed by atoms with E-state index >= 15 is 0 Å². The normalized spacial score (nSPS) is 12.1. The van der Waals surface area contributed by atoms with Crippen LogP contribution in [0, 0.1) is 6.92 Å². The Balaban J connectivity index is 2.15. The van der Waals surface area contributed by atoms with E-state index in [1.54, 1.807) is 11.8 Å². The molecule has 0 aliphatic carbocycles. The van der Waals surface area contributed by atoms with Gasteiger partial charge in [-0.15, -0.1) is 0 Å². The summed E-state index contributed by atoms with van der Waals surface area (Å²) in [6.45, 7) is 1.83. The molecular formula is C14H19N5OS. The first-order chi connectivity index (χ1) is 10.1. The number of hydrogen-bond acceptors (Lipinski definition) is 5. The van der Waals surface area contributed by atoms with Crippen molar-refractivity contribution in [2.45, 2.75) is 19.4 Å². The molecule has 0 bridgehead atoms. The van der Waals surface area contributed by atoms with Crippen molar-refractivity contribution >= 4 is 23.4 Å². The Bertz CT molecular complexity index is 613. The van der Waals surface area contributed by atoms with Gasteiger partial charge in [0, 0.05) is 5.56 Å². The van der Waals surface area contributed by atoms with Gasteiger partial charge in [0.2, 0.25) is 5.91 Å². The molecule has 1 atom stereocenters. The number of aryl methyl sites for hydroxylation is 1. The van der Waals surface area contributed by atoms with Crippen LogP contribution in [-0.4, -0.2) is 39.1 Å². The summed E-state index contributed by atoms with van der Waals surface area (Å²) in [5.74, 6) is 1.95. The molecule has 7 heteroatoms. The van der Waals surface area contributed by atoms with Gasteiger partial charge in [0.15, 0.2) is 5.82 Å². The summed E-state index contributed by atoms with van der Waals surface area (Å²) in [6.07, 6.45) is 2.64. The zero-order chi connectivity index (χ0) is 15.2. The van der Waals surface area contributed by atoms with E-state index in [0.717, 1.165) is 17.1 Å². The van der Waals surface area contributed by atoms with Crippen LogP contribution < -0.4 is 11.1 Å². The molecule has 6 nitrogen and oxygen atoms in total. The van der Waals surface area contributed by atoms with E-state index in [2.05, 4.69) is 20.5 Å². The molecule has 21 heavy (non-hydrogen) atoms. The molecule has 112 valence electrons. The second-order valence-corrected chi connectivity index (χ2v) is 5.65. The van der Waals surface area contributed by atoms with E-state index in [4.69, 9.17) is 5.73 Å². The van der Waals surface area contributed by atoms with Crippen molar-refractivity contribution < 1.29 is 4.79 Å². The summed E-state index contributed by atoms with van der Waals surface area (Å²) in [7, 11) is 0. The van der Waals surface area contributed by atoms with Gasteiger partial charge in [-0.1, -0.05) is 12.1 Å². The van der Waals surface area contributed by atoms with Crippen molar-refractivity contribution in [3.63, 3.8) is 0 Å². The maximum Gasteiger partial charge on any atom is 0.241 e. The Morgan fingerprint density at radius 3 is 2.90 bits per heavy atom. The van der Waals surface area contributed by atoms with Crippen molar-refractivity contribution in [1.82, 2.24) is 15.2 Å². The highest BCUT2D eigenvalue weighted by Gasteiger charge is 2.16. The molecule has 0 aliphatic rings. The van der Waals surface area contributed by atoms with E-state index < -0.39 is 6.04 Å². The van der Waals surface area contributed by atoms with Gasteiger partial charge in [-0.05, 0) is 37.5 Å². The van der Waals surface area contributed by atoms with E-state index in [9.17, 15) is 4.79 Å². The fourth-order valence-corrected chi connectivity index (χ4v) is 2.34. The SMILES string of the molecule is CSCC[C@@H](N)C(=O)Nc1ccccc1-c1n[nH]c(C)n1. The quantitative estimate of drug-likeness (QED) is 0.756. The minimum Gasteiger partial charge on any atom is -0.324 e. The molecule has 0 spiro atoms. The largest absolute Gasteiger partial charge is 0.324 e. The van der Waals surface area contributed by atoms with Crippen molar-refractivity contribution in [2.24, 2.45) is 5.73 Å². The number of carbonyl (C=O) groups excluding carboxylic acids is 1. The second kappa shape index (κ2) is 7.24. The lowest BCUT2D eigenvalue weighted by molar-refractivity contribution is -0.117. The molecule has 0 saturated heterocycles. The van der Waals surface area contributed by atoms with Gasteiger partial charge in [0.05, 0.1) is 11.7 Å². The minimum atomic E-state index is -0.514. The number of benzene rings is 1. The first kappa shape index (κ1) is 15.5. The van der Waals surface area contributed by atoms with Crippen LogP contribution >= 0.6 is 11.8 Å². The number of carbonyl (C=O) groups is 1. The lowest BCUT2D eigenvalue weighted by atomic mass is 10.1. The first-order valence-corrected chi connectivity index (χ1v) is 8.05. The second-order valence-electron chi connectivity index (χ2n) is 4.67.